The first kappa shape index (κ1) is 27.4. The van der Waals surface area contributed by atoms with Gasteiger partial charge in [0, 0.05) is 18.0 Å². The Hall–Kier alpha value is -2.60. The highest BCUT2D eigenvalue weighted by atomic mass is 32.2. The van der Waals surface area contributed by atoms with Crippen LogP contribution >= 0.6 is 11.8 Å². The largest absolute Gasteiger partial charge is 0.416 e. The third-order valence-corrected chi connectivity index (χ3v) is 7.28. The van der Waals surface area contributed by atoms with Crippen LogP contribution < -0.4 is 4.90 Å². The van der Waals surface area contributed by atoms with Crippen LogP contribution in [0.5, 0.6) is 0 Å². The molecule has 1 aliphatic rings. The van der Waals surface area contributed by atoms with Crippen molar-refractivity contribution in [2.45, 2.75) is 49.4 Å². The number of hydrogen-bond acceptors (Lipinski definition) is 7. The lowest BCUT2D eigenvalue weighted by Crippen LogP contribution is -2.60. The van der Waals surface area contributed by atoms with Crippen molar-refractivity contribution < 1.29 is 22.6 Å². The van der Waals surface area contributed by atoms with Gasteiger partial charge in [-0.25, -0.2) is 0 Å². The zero-order valence-electron chi connectivity index (χ0n) is 21.5. The molecule has 4 rings (SSSR count). The summed E-state index contributed by atoms with van der Waals surface area (Å²) in [6.45, 7) is 5.23. The third kappa shape index (κ3) is 5.79. The maximum Gasteiger partial charge on any atom is 0.416 e. The molecule has 2 heterocycles. The second-order valence-corrected chi connectivity index (χ2v) is 10.4. The van der Waals surface area contributed by atoms with Crippen molar-refractivity contribution in [3.05, 3.63) is 70.9 Å². The van der Waals surface area contributed by atoms with Crippen LogP contribution in [0, 0.1) is 0 Å². The highest BCUT2D eigenvalue weighted by Gasteiger charge is 2.48. The predicted molar refractivity (Wildman–Crippen MR) is 137 cm³/mol. The lowest BCUT2D eigenvalue weighted by Gasteiger charge is -2.50. The summed E-state index contributed by atoms with van der Waals surface area (Å²) in [7, 11) is 3.92. The lowest BCUT2D eigenvalue weighted by molar-refractivity contribution is -0.216. The van der Waals surface area contributed by atoms with E-state index < -0.39 is 29.7 Å². The van der Waals surface area contributed by atoms with E-state index in [0.717, 1.165) is 23.4 Å². The fraction of sp³-hybridized carbons (Fsp3) is 0.462. The maximum absolute atomic E-state index is 13.6. The Kier molecular flexibility index (Phi) is 8.17. The van der Waals surface area contributed by atoms with Crippen molar-refractivity contribution in [1.29, 1.82) is 0 Å². The van der Waals surface area contributed by atoms with Crippen molar-refractivity contribution in [2.75, 3.05) is 38.4 Å². The van der Waals surface area contributed by atoms with Gasteiger partial charge in [-0.3, -0.25) is 0 Å². The van der Waals surface area contributed by atoms with Gasteiger partial charge in [0.15, 0.2) is 12.1 Å². The molecule has 0 saturated carbocycles. The number of anilines is 1. The van der Waals surface area contributed by atoms with Gasteiger partial charge in [-0.15, -0.1) is 16.9 Å². The second-order valence-electron chi connectivity index (χ2n) is 9.47. The molecule has 0 spiro atoms. The minimum absolute atomic E-state index is 0.354. The summed E-state index contributed by atoms with van der Waals surface area (Å²) < 4.78 is 53.4. The number of thioether (sulfide) groups is 1. The number of benzene rings is 2. The van der Waals surface area contributed by atoms with Gasteiger partial charge < -0.3 is 19.3 Å². The molecule has 1 N–H and O–H groups in total. The molecule has 1 fully saturated rings. The number of aromatic amines is 1. The average Bonchev–Trinajstić information content (AvgIpc) is 3.31. The monoisotopic (exact) mass is 535 g/mol. The lowest BCUT2D eigenvalue weighted by atomic mass is 9.87. The Labute approximate surface area is 219 Å². The molecule has 0 aliphatic carbocycles. The van der Waals surface area contributed by atoms with Gasteiger partial charge in [-0.2, -0.15) is 23.5 Å². The molecule has 1 aromatic heterocycles. The number of halogens is 3. The molecule has 37 heavy (non-hydrogen) atoms. The summed E-state index contributed by atoms with van der Waals surface area (Å²) in [4.78, 5) is 4.65. The predicted octanol–water partition coefficient (Wildman–Crippen LogP) is 5.46. The Morgan fingerprint density at radius 1 is 1.22 bits per heavy atom. The molecule has 0 bridgehead atoms. The smallest absolute Gasteiger partial charge is 0.348 e. The number of morpholine rings is 1. The van der Waals surface area contributed by atoms with Crippen LogP contribution in [-0.2, 0) is 27.7 Å². The van der Waals surface area contributed by atoms with E-state index in [1.54, 1.807) is 19.2 Å². The van der Waals surface area contributed by atoms with E-state index in [2.05, 4.69) is 20.3 Å². The van der Waals surface area contributed by atoms with Crippen LogP contribution in [0.25, 0.3) is 0 Å². The van der Waals surface area contributed by atoms with Crippen molar-refractivity contribution in [3.63, 3.8) is 0 Å². The molecule has 11 heteroatoms. The molecule has 200 valence electrons. The Morgan fingerprint density at radius 3 is 2.59 bits per heavy atom. The van der Waals surface area contributed by atoms with Crippen LogP contribution in [0.15, 0.2) is 53.4 Å². The normalized spacial score (nSPS) is 21.4. The van der Waals surface area contributed by atoms with Crippen molar-refractivity contribution in [3.8, 4) is 0 Å². The second kappa shape index (κ2) is 11.0. The summed E-state index contributed by atoms with van der Waals surface area (Å²) >= 11 is 1.26. The Balaban J connectivity index is 1.73. The number of hydrogen-bond donors (Lipinski definition) is 1. The minimum atomic E-state index is -4.45. The molecule has 0 unspecified atom stereocenters. The standard InChI is InChI=1S/C26H32F3N5O2S/c1-17(18-13-20(26(27,28)29)15-21(14-18)37-5)36-24-25(2,19-9-7-6-8-10-19)34(11-12-35-24)23-22(16-33(3)4)30-32-31-23/h6-10,13-15,17,24H,11-12,16H2,1-5H3,(H,30,31,32)/t17-,24-,25+/m1/s1. The Morgan fingerprint density at radius 2 is 1.95 bits per heavy atom. The highest BCUT2D eigenvalue weighted by Crippen LogP contribution is 2.42. The summed E-state index contributed by atoms with van der Waals surface area (Å²) in [5, 5.41) is 11.6. The van der Waals surface area contributed by atoms with E-state index >= 15 is 0 Å². The van der Waals surface area contributed by atoms with Gasteiger partial charge in [0.05, 0.1) is 18.3 Å². The number of alkyl halides is 3. The maximum atomic E-state index is 13.6. The van der Waals surface area contributed by atoms with E-state index in [4.69, 9.17) is 9.47 Å². The van der Waals surface area contributed by atoms with Crippen LogP contribution in [0.1, 0.15) is 42.3 Å². The van der Waals surface area contributed by atoms with E-state index in [1.807, 2.05) is 56.3 Å². The highest BCUT2D eigenvalue weighted by molar-refractivity contribution is 7.98. The van der Waals surface area contributed by atoms with Crippen LogP contribution in [0.2, 0.25) is 0 Å². The third-order valence-electron chi connectivity index (χ3n) is 6.57. The number of H-pyrrole nitrogens is 1. The van der Waals surface area contributed by atoms with E-state index in [-0.39, 0.29) is 0 Å². The number of rotatable bonds is 8. The molecular weight excluding hydrogens is 503 g/mol. The fourth-order valence-electron chi connectivity index (χ4n) is 4.61. The van der Waals surface area contributed by atoms with Gasteiger partial charge in [0.1, 0.15) is 11.2 Å². The molecule has 2 aromatic carbocycles. The van der Waals surface area contributed by atoms with E-state index in [9.17, 15) is 13.2 Å². The molecule has 3 aromatic rings. The minimum Gasteiger partial charge on any atom is -0.348 e. The van der Waals surface area contributed by atoms with Gasteiger partial charge in [0.2, 0.25) is 0 Å². The number of ether oxygens (including phenoxy) is 2. The van der Waals surface area contributed by atoms with Gasteiger partial charge in [-0.05, 0) is 63.5 Å². The molecule has 0 amide bonds. The topological polar surface area (TPSA) is 66.5 Å². The van der Waals surface area contributed by atoms with E-state index in [0.29, 0.717) is 36.0 Å². The summed E-state index contributed by atoms with van der Waals surface area (Å²) in [6, 6.07) is 13.8. The molecule has 0 radical (unpaired) electrons. The summed E-state index contributed by atoms with van der Waals surface area (Å²) in [5.74, 6) is 0.688. The SMILES string of the molecule is CSc1cc([C@@H](C)O[C@H]2OCCN(c3n[nH]nc3CN(C)C)[C@@]2(C)c2ccccc2)cc(C(F)(F)F)c1. The number of aromatic nitrogens is 3. The first-order valence-electron chi connectivity index (χ1n) is 11.9. The van der Waals surface area contributed by atoms with Crippen molar-refractivity contribution in [2.24, 2.45) is 0 Å². The quantitative estimate of drug-likeness (QED) is 0.384. The number of nitrogens with one attached hydrogen (secondary N) is 1. The summed E-state index contributed by atoms with van der Waals surface area (Å²) in [5.41, 5.74) is 0.612. The van der Waals surface area contributed by atoms with Crippen LogP contribution in [0.3, 0.4) is 0 Å². The fourth-order valence-corrected chi connectivity index (χ4v) is 5.11. The van der Waals surface area contributed by atoms with Gasteiger partial charge in [-0.1, -0.05) is 30.3 Å². The molecule has 1 saturated heterocycles. The van der Waals surface area contributed by atoms with Gasteiger partial charge >= 0.3 is 6.18 Å². The molecular formula is C26H32F3N5O2S. The molecule has 1 aliphatic heterocycles. The zero-order valence-corrected chi connectivity index (χ0v) is 22.4. The molecule has 3 atom stereocenters. The summed E-state index contributed by atoms with van der Waals surface area (Å²) in [6.07, 6.45) is -4.16. The van der Waals surface area contributed by atoms with Crippen LogP contribution in [0.4, 0.5) is 19.0 Å². The van der Waals surface area contributed by atoms with Crippen LogP contribution in [-0.4, -0.2) is 60.1 Å². The average molecular weight is 536 g/mol. The van der Waals surface area contributed by atoms with E-state index in [1.165, 1.54) is 11.8 Å². The Bertz CT molecular complexity index is 1190. The van der Waals surface area contributed by atoms with Crippen molar-refractivity contribution >= 4 is 17.6 Å². The first-order chi connectivity index (χ1) is 17.5. The number of nitrogens with zero attached hydrogens (tertiary/aromatic N) is 4. The van der Waals surface area contributed by atoms with Gasteiger partial charge in [0.25, 0.3) is 0 Å². The first-order valence-corrected chi connectivity index (χ1v) is 13.2. The van der Waals surface area contributed by atoms with Crippen molar-refractivity contribution in [1.82, 2.24) is 20.3 Å². The zero-order chi connectivity index (χ0) is 26.8. The molecule has 7 nitrogen and oxygen atoms in total.